The summed E-state index contributed by atoms with van der Waals surface area (Å²) in [6, 6.07) is 3.59. The molecule has 0 amide bonds. The second-order valence-electron chi connectivity index (χ2n) is 5.64. The molecule has 0 N–H and O–H groups in total. The molecule has 3 nitrogen and oxygen atoms in total. The van der Waals surface area contributed by atoms with Gasteiger partial charge in [-0.15, -0.1) is 11.6 Å². The first-order chi connectivity index (χ1) is 9.90. The Morgan fingerprint density at radius 1 is 1.38 bits per heavy atom. The van der Waals surface area contributed by atoms with Gasteiger partial charge in [0.15, 0.2) is 0 Å². The first kappa shape index (κ1) is 17.3. The third-order valence-corrected chi connectivity index (χ3v) is 6.88. The molecule has 118 valence electrons. The third kappa shape index (κ3) is 4.01. The molecule has 1 aromatic rings. The lowest BCUT2D eigenvalue weighted by atomic mass is 10.2. The summed E-state index contributed by atoms with van der Waals surface area (Å²) in [6.45, 7) is 5.04. The fraction of sp³-hybridized carbons (Fsp3) is 0.600. The number of halogens is 2. The molecular weight excluding hydrogens is 374 g/mol. The smallest absolute Gasteiger partial charge is 0.207 e. The monoisotopic (exact) mass is 393 g/mol. The molecule has 0 saturated heterocycles. The number of alkyl halides is 1. The van der Waals surface area contributed by atoms with Gasteiger partial charge in [0.05, 0.1) is 4.90 Å². The molecule has 0 aliphatic heterocycles. The summed E-state index contributed by atoms with van der Waals surface area (Å²) in [7, 11) is -3.46. The van der Waals surface area contributed by atoms with Crippen molar-refractivity contribution in [3.63, 3.8) is 0 Å². The van der Waals surface area contributed by atoms with Crippen LogP contribution in [0.4, 0.5) is 0 Å². The lowest BCUT2D eigenvalue weighted by molar-refractivity contribution is 0.395. The van der Waals surface area contributed by atoms with Crippen LogP contribution in [-0.2, 0) is 15.9 Å². The van der Waals surface area contributed by atoms with E-state index >= 15 is 0 Å². The van der Waals surface area contributed by atoms with Crippen molar-refractivity contribution in [2.24, 2.45) is 5.92 Å². The van der Waals surface area contributed by atoms with Crippen LogP contribution in [0.3, 0.4) is 0 Å². The van der Waals surface area contributed by atoms with Crippen molar-refractivity contribution in [2.45, 2.75) is 43.9 Å². The minimum Gasteiger partial charge on any atom is -0.207 e. The molecule has 21 heavy (non-hydrogen) atoms. The fourth-order valence-corrected chi connectivity index (χ4v) is 5.04. The molecule has 1 aliphatic carbocycles. The highest BCUT2D eigenvalue weighted by Crippen LogP contribution is 2.33. The van der Waals surface area contributed by atoms with Crippen LogP contribution in [0.5, 0.6) is 0 Å². The van der Waals surface area contributed by atoms with Gasteiger partial charge in [-0.25, -0.2) is 8.42 Å². The van der Waals surface area contributed by atoms with Crippen molar-refractivity contribution in [1.29, 1.82) is 0 Å². The molecule has 0 radical (unpaired) electrons. The predicted octanol–water partition coefficient (Wildman–Crippen LogP) is 4.31. The van der Waals surface area contributed by atoms with Crippen LogP contribution >= 0.6 is 27.5 Å². The van der Waals surface area contributed by atoms with E-state index in [4.69, 9.17) is 11.6 Å². The Hall–Kier alpha value is -0.100. The van der Waals surface area contributed by atoms with Crippen LogP contribution in [0.25, 0.3) is 0 Å². The van der Waals surface area contributed by atoms with Crippen molar-refractivity contribution in [1.82, 2.24) is 4.31 Å². The van der Waals surface area contributed by atoms with Crippen LogP contribution in [0.15, 0.2) is 21.5 Å². The van der Waals surface area contributed by atoms with Crippen LogP contribution < -0.4 is 0 Å². The highest BCUT2D eigenvalue weighted by Gasteiger charge is 2.32. The number of nitrogens with zero attached hydrogens (tertiary/aromatic N) is 1. The van der Waals surface area contributed by atoms with E-state index in [9.17, 15) is 8.42 Å². The molecule has 1 saturated carbocycles. The minimum atomic E-state index is -3.46. The van der Waals surface area contributed by atoms with Gasteiger partial charge < -0.3 is 0 Å². The third-order valence-electron chi connectivity index (χ3n) is 3.76. The standard InChI is InChI=1S/C15H21BrClNO2S/c1-3-6-18(10-12-4-5-12)21(19,20)15-8-13(9-17)7-14(16)11(15)2/h7-8,12H,3-6,9-10H2,1-2H3. The molecule has 1 fully saturated rings. The Morgan fingerprint density at radius 2 is 2.05 bits per heavy atom. The van der Waals surface area contributed by atoms with E-state index in [1.807, 2.05) is 19.9 Å². The first-order valence-corrected chi connectivity index (χ1v) is 10.0. The minimum absolute atomic E-state index is 0.303. The second kappa shape index (κ2) is 6.99. The molecule has 6 heteroatoms. The summed E-state index contributed by atoms with van der Waals surface area (Å²) in [5.41, 5.74) is 1.57. The first-order valence-electron chi connectivity index (χ1n) is 7.25. The second-order valence-corrected chi connectivity index (χ2v) is 8.67. The van der Waals surface area contributed by atoms with E-state index in [1.165, 1.54) is 0 Å². The maximum Gasteiger partial charge on any atom is 0.243 e. The average molecular weight is 395 g/mol. The van der Waals surface area contributed by atoms with Crippen molar-refractivity contribution in [2.75, 3.05) is 13.1 Å². The Labute approximate surface area is 140 Å². The molecule has 1 aromatic carbocycles. The van der Waals surface area contributed by atoms with Crippen LogP contribution in [0, 0.1) is 12.8 Å². The molecule has 1 aliphatic rings. The number of hydrogen-bond donors (Lipinski definition) is 0. The number of rotatable bonds is 7. The van der Waals surface area contributed by atoms with E-state index < -0.39 is 10.0 Å². The Morgan fingerprint density at radius 3 is 2.57 bits per heavy atom. The molecule has 0 heterocycles. The lowest BCUT2D eigenvalue weighted by Gasteiger charge is -2.23. The lowest BCUT2D eigenvalue weighted by Crippen LogP contribution is -2.34. The van der Waals surface area contributed by atoms with Crippen molar-refractivity contribution >= 4 is 37.6 Å². The fourth-order valence-electron chi connectivity index (χ4n) is 2.34. The highest BCUT2D eigenvalue weighted by atomic mass is 79.9. The van der Waals surface area contributed by atoms with Gasteiger partial charge in [0.25, 0.3) is 0 Å². The van der Waals surface area contributed by atoms with Gasteiger partial charge in [-0.2, -0.15) is 4.31 Å². The molecular formula is C15H21BrClNO2S. The van der Waals surface area contributed by atoms with Gasteiger partial charge in [-0.05, 0) is 55.4 Å². The number of sulfonamides is 1. The summed E-state index contributed by atoms with van der Waals surface area (Å²) in [4.78, 5) is 0.377. The van der Waals surface area contributed by atoms with Gasteiger partial charge >= 0.3 is 0 Å². The van der Waals surface area contributed by atoms with E-state index in [2.05, 4.69) is 15.9 Å². The molecule has 0 bridgehead atoms. The van der Waals surface area contributed by atoms with Gasteiger partial charge in [0.1, 0.15) is 0 Å². The average Bonchev–Trinajstić information content (AvgIpc) is 3.25. The summed E-state index contributed by atoms with van der Waals surface area (Å²) in [5.74, 6) is 0.837. The zero-order chi connectivity index (χ0) is 15.6. The van der Waals surface area contributed by atoms with E-state index in [0.29, 0.717) is 29.8 Å². The van der Waals surface area contributed by atoms with Crippen molar-refractivity contribution in [3.05, 3.63) is 27.7 Å². The quantitative estimate of drug-likeness (QED) is 0.646. The van der Waals surface area contributed by atoms with Gasteiger partial charge in [-0.1, -0.05) is 22.9 Å². The van der Waals surface area contributed by atoms with Crippen LogP contribution in [0.2, 0.25) is 0 Å². The van der Waals surface area contributed by atoms with E-state index in [1.54, 1.807) is 10.4 Å². The summed E-state index contributed by atoms with van der Waals surface area (Å²) < 4.78 is 28.4. The number of benzene rings is 1. The van der Waals surface area contributed by atoms with Gasteiger partial charge in [-0.3, -0.25) is 0 Å². The zero-order valence-corrected chi connectivity index (χ0v) is 15.6. The van der Waals surface area contributed by atoms with E-state index in [-0.39, 0.29) is 0 Å². The normalized spacial score (nSPS) is 15.7. The van der Waals surface area contributed by atoms with Gasteiger partial charge in [0, 0.05) is 23.4 Å². The van der Waals surface area contributed by atoms with E-state index in [0.717, 1.165) is 34.9 Å². The molecule has 0 aromatic heterocycles. The highest BCUT2D eigenvalue weighted by molar-refractivity contribution is 9.10. The molecule has 0 spiro atoms. The number of hydrogen-bond acceptors (Lipinski definition) is 2. The Bertz CT molecular complexity index is 614. The summed E-state index contributed by atoms with van der Waals surface area (Å²) in [6.07, 6.45) is 3.10. The predicted molar refractivity (Wildman–Crippen MR) is 90.2 cm³/mol. The largest absolute Gasteiger partial charge is 0.243 e. The topological polar surface area (TPSA) is 37.4 Å². The van der Waals surface area contributed by atoms with Crippen molar-refractivity contribution < 1.29 is 8.42 Å². The maximum atomic E-state index is 13.0. The Balaban J connectivity index is 2.42. The Kier molecular flexibility index (Phi) is 5.74. The van der Waals surface area contributed by atoms with Crippen LogP contribution in [0.1, 0.15) is 37.3 Å². The molecule has 0 unspecified atom stereocenters. The zero-order valence-electron chi connectivity index (χ0n) is 12.4. The molecule has 2 rings (SSSR count). The van der Waals surface area contributed by atoms with Gasteiger partial charge in [0.2, 0.25) is 10.0 Å². The summed E-state index contributed by atoms with van der Waals surface area (Å²) >= 11 is 9.32. The van der Waals surface area contributed by atoms with Crippen LogP contribution in [-0.4, -0.2) is 25.8 Å². The molecule has 0 atom stereocenters. The SMILES string of the molecule is CCCN(CC1CC1)S(=O)(=O)c1cc(CCl)cc(Br)c1C. The van der Waals surface area contributed by atoms with Crippen molar-refractivity contribution in [3.8, 4) is 0 Å². The maximum absolute atomic E-state index is 13.0. The summed E-state index contributed by atoms with van der Waals surface area (Å²) in [5, 5.41) is 0.